The van der Waals surface area contributed by atoms with Crippen LogP contribution in [0.2, 0.25) is 0 Å². The van der Waals surface area contributed by atoms with E-state index in [0.29, 0.717) is 23.8 Å². The number of ether oxygens (including phenoxy) is 3. The van der Waals surface area contributed by atoms with Crippen LogP contribution >= 0.6 is 0 Å². The summed E-state index contributed by atoms with van der Waals surface area (Å²) in [4.78, 5) is 27.2. The van der Waals surface area contributed by atoms with Crippen LogP contribution in [-0.4, -0.2) is 57.2 Å². The van der Waals surface area contributed by atoms with Gasteiger partial charge in [-0.05, 0) is 45.7 Å². The number of hydrogen-bond acceptors (Lipinski definition) is 6. The minimum Gasteiger partial charge on any atom is -0.493 e. The summed E-state index contributed by atoms with van der Waals surface area (Å²) in [6.07, 6.45) is 0.197. The predicted octanol–water partition coefficient (Wildman–Crippen LogP) is 3.95. The zero-order valence-corrected chi connectivity index (χ0v) is 21.8. The maximum absolute atomic E-state index is 13.1. The average Bonchev–Trinajstić information content (AvgIpc) is 2.89. The fraction of sp³-hybridized carbons (Fsp3) is 0.345. The Morgan fingerprint density at radius 2 is 1.62 bits per heavy atom. The molecule has 3 aromatic carbocycles. The lowest BCUT2D eigenvalue weighted by molar-refractivity contribution is -0.160. The zero-order valence-electron chi connectivity index (χ0n) is 21.8. The van der Waals surface area contributed by atoms with Crippen LogP contribution in [0.5, 0.6) is 17.2 Å². The van der Waals surface area contributed by atoms with Gasteiger partial charge in [-0.1, -0.05) is 44.2 Å². The van der Waals surface area contributed by atoms with Gasteiger partial charge in [0.15, 0.2) is 11.5 Å². The summed E-state index contributed by atoms with van der Waals surface area (Å²) in [5, 5.41) is 13.4. The van der Waals surface area contributed by atoms with Gasteiger partial charge in [0.05, 0.1) is 33.8 Å². The molecule has 1 heterocycles. The van der Waals surface area contributed by atoms with Crippen LogP contribution < -0.4 is 19.5 Å². The van der Waals surface area contributed by atoms with Crippen LogP contribution in [0.15, 0.2) is 48.5 Å². The molecule has 192 valence electrons. The van der Waals surface area contributed by atoms with Gasteiger partial charge in [-0.3, -0.25) is 9.59 Å². The topological polar surface area (TPSA) is 101 Å². The van der Waals surface area contributed by atoms with E-state index in [0.717, 1.165) is 27.5 Å². The third kappa shape index (κ3) is 5.03. The molecule has 3 aromatic rings. The predicted molar refractivity (Wildman–Crippen MR) is 141 cm³/mol. The number of carbonyl (C=O) groups is 2. The summed E-state index contributed by atoms with van der Waals surface area (Å²) >= 11 is 0. The van der Waals surface area contributed by atoms with Crippen LogP contribution in [0.3, 0.4) is 0 Å². The van der Waals surface area contributed by atoms with Crippen LogP contribution in [0.1, 0.15) is 19.4 Å². The number of nitrogens with zero attached hydrogens (tertiary/aromatic N) is 2. The van der Waals surface area contributed by atoms with Crippen molar-refractivity contribution in [1.29, 1.82) is 5.26 Å². The number of benzene rings is 3. The quantitative estimate of drug-likeness (QED) is 0.469. The molecule has 37 heavy (non-hydrogen) atoms. The van der Waals surface area contributed by atoms with Crippen molar-refractivity contribution in [2.75, 3.05) is 34.4 Å². The molecule has 2 amide bonds. The number of fused-ring (bicyclic) bond motifs is 1. The monoisotopic (exact) mass is 501 g/mol. The fourth-order valence-corrected chi connectivity index (χ4v) is 4.99. The molecule has 0 aliphatic carbocycles. The van der Waals surface area contributed by atoms with Crippen LogP contribution in [0.25, 0.3) is 21.9 Å². The van der Waals surface area contributed by atoms with Crippen LogP contribution in [-0.2, 0) is 16.0 Å². The second kappa shape index (κ2) is 10.4. The highest BCUT2D eigenvalue weighted by atomic mass is 16.5. The maximum atomic E-state index is 13.1. The van der Waals surface area contributed by atoms with E-state index in [1.165, 1.54) is 0 Å². The highest BCUT2D eigenvalue weighted by Gasteiger charge is 2.51. The summed E-state index contributed by atoms with van der Waals surface area (Å²) < 4.78 is 16.4. The molecule has 1 N–H and O–H groups in total. The van der Waals surface area contributed by atoms with Gasteiger partial charge in [-0.15, -0.1) is 0 Å². The fourth-order valence-electron chi connectivity index (χ4n) is 4.99. The molecule has 0 bridgehead atoms. The summed E-state index contributed by atoms with van der Waals surface area (Å²) in [5.41, 5.74) is 2.46. The van der Waals surface area contributed by atoms with Crippen molar-refractivity contribution in [2.24, 2.45) is 5.41 Å². The first kappa shape index (κ1) is 25.8. The first-order chi connectivity index (χ1) is 17.7. The van der Waals surface area contributed by atoms with Crippen LogP contribution in [0.4, 0.5) is 0 Å². The van der Waals surface area contributed by atoms with Gasteiger partial charge >= 0.3 is 0 Å². The number of methoxy groups -OCH3 is 3. The third-order valence-electron chi connectivity index (χ3n) is 6.80. The molecular formula is C29H31N3O5. The van der Waals surface area contributed by atoms with E-state index in [-0.39, 0.29) is 30.2 Å². The van der Waals surface area contributed by atoms with E-state index >= 15 is 0 Å². The van der Waals surface area contributed by atoms with E-state index in [9.17, 15) is 9.59 Å². The molecule has 8 heteroatoms. The second-order valence-electron chi connectivity index (χ2n) is 9.78. The Kier molecular flexibility index (Phi) is 7.25. The number of carbonyl (C=O) groups excluding carboxylic acids is 2. The lowest BCUT2D eigenvalue weighted by Gasteiger charge is -2.53. The van der Waals surface area contributed by atoms with E-state index in [2.05, 4.69) is 11.4 Å². The standard InChI is InChI=1S/C29H31N3O5/c1-29(2)17-32(27(29)28(34)31-11-10-30)25(33)13-18-6-7-20-14-21(9-8-19(20)12-18)22-15-23(35-3)26(37-5)24(16-22)36-4/h6-9,12,14-16,27H,11,13,17H2,1-5H3,(H,31,34). The largest absolute Gasteiger partial charge is 0.493 e. The van der Waals surface area contributed by atoms with E-state index in [1.54, 1.807) is 26.2 Å². The van der Waals surface area contributed by atoms with Crippen molar-refractivity contribution in [3.8, 4) is 34.4 Å². The molecule has 1 aliphatic rings. The summed E-state index contributed by atoms with van der Waals surface area (Å²) in [6, 6.07) is 17.2. The number of hydrogen-bond donors (Lipinski definition) is 1. The van der Waals surface area contributed by atoms with Crippen molar-refractivity contribution in [3.05, 3.63) is 54.1 Å². The van der Waals surface area contributed by atoms with E-state index in [4.69, 9.17) is 19.5 Å². The second-order valence-corrected chi connectivity index (χ2v) is 9.78. The van der Waals surface area contributed by atoms with Gasteiger partial charge in [0.1, 0.15) is 12.6 Å². The SMILES string of the molecule is COc1cc(-c2ccc3cc(CC(=O)N4CC(C)(C)C4C(=O)NCC#N)ccc3c2)cc(OC)c1OC. The Hall–Kier alpha value is -4.25. The normalized spacial score (nSPS) is 15.9. The molecule has 1 aliphatic heterocycles. The first-order valence-electron chi connectivity index (χ1n) is 12.0. The molecule has 8 nitrogen and oxygen atoms in total. The number of likely N-dealkylation sites (tertiary alicyclic amines) is 1. The van der Waals surface area contributed by atoms with Crippen LogP contribution in [0, 0.1) is 16.7 Å². The van der Waals surface area contributed by atoms with E-state index in [1.807, 2.05) is 62.4 Å². The molecule has 1 atom stereocenters. The van der Waals surface area contributed by atoms with Gasteiger partial charge in [-0.2, -0.15) is 5.26 Å². The molecule has 1 fully saturated rings. The molecule has 0 radical (unpaired) electrons. The molecule has 1 unspecified atom stereocenters. The molecule has 1 saturated heterocycles. The minimum atomic E-state index is -0.574. The van der Waals surface area contributed by atoms with Gasteiger partial charge in [-0.25, -0.2) is 0 Å². The van der Waals surface area contributed by atoms with Gasteiger partial charge in [0, 0.05) is 12.0 Å². The number of rotatable bonds is 8. The molecule has 4 rings (SSSR count). The molecule has 0 spiro atoms. The Bertz CT molecular complexity index is 1370. The van der Waals surface area contributed by atoms with Crippen molar-refractivity contribution in [3.63, 3.8) is 0 Å². The maximum Gasteiger partial charge on any atom is 0.244 e. The molecule has 0 aromatic heterocycles. The van der Waals surface area contributed by atoms with Gasteiger partial charge < -0.3 is 24.4 Å². The van der Waals surface area contributed by atoms with Crippen molar-refractivity contribution in [1.82, 2.24) is 10.2 Å². The molecule has 0 saturated carbocycles. The highest BCUT2D eigenvalue weighted by molar-refractivity contribution is 5.93. The van der Waals surface area contributed by atoms with Crippen molar-refractivity contribution >= 4 is 22.6 Å². The summed E-state index contributed by atoms with van der Waals surface area (Å²) in [6.45, 7) is 4.34. The average molecular weight is 502 g/mol. The smallest absolute Gasteiger partial charge is 0.244 e. The number of nitrogens with one attached hydrogen (secondary N) is 1. The third-order valence-corrected chi connectivity index (χ3v) is 6.80. The first-order valence-corrected chi connectivity index (χ1v) is 12.0. The van der Waals surface area contributed by atoms with Gasteiger partial charge in [0.2, 0.25) is 17.6 Å². The number of nitriles is 1. The Morgan fingerprint density at radius 3 is 2.22 bits per heavy atom. The molecular weight excluding hydrogens is 470 g/mol. The zero-order chi connectivity index (χ0) is 26.7. The van der Waals surface area contributed by atoms with Crippen molar-refractivity contribution < 1.29 is 23.8 Å². The Morgan fingerprint density at radius 1 is 0.973 bits per heavy atom. The number of amides is 2. The Labute approximate surface area is 216 Å². The van der Waals surface area contributed by atoms with E-state index < -0.39 is 6.04 Å². The van der Waals surface area contributed by atoms with Gasteiger partial charge in [0.25, 0.3) is 0 Å². The highest BCUT2D eigenvalue weighted by Crippen LogP contribution is 2.42. The summed E-state index contributed by atoms with van der Waals surface area (Å²) in [5.74, 6) is 1.31. The lowest BCUT2D eigenvalue weighted by atomic mass is 9.74. The Balaban J connectivity index is 1.55. The summed E-state index contributed by atoms with van der Waals surface area (Å²) in [7, 11) is 4.75. The lowest BCUT2D eigenvalue weighted by Crippen LogP contribution is -2.69. The minimum absolute atomic E-state index is 0.0732. The van der Waals surface area contributed by atoms with Crippen molar-refractivity contribution in [2.45, 2.75) is 26.3 Å².